The van der Waals surface area contributed by atoms with Crippen LogP contribution in [0.4, 0.5) is 0 Å². The van der Waals surface area contributed by atoms with Crippen LogP contribution in [0.2, 0.25) is 0 Å². The van der Waals surface area contributed by atoms with Crippen molar-refractivity contribution in [1.29, 1.82) is 0 Å². The number of epoxide rings is 1. The van der Waals surface area contributed by atoms with Crippen molar-refractivity contribution in [2.24, 2.45) is 0 Å². The van der Waals surface area contributed by atoms with E-state index in [2.05, 4.69) is 0 Å². The number of fused-ring (bicyclic) bond motifs is 1. The number of rotatable bonds is 3. The second kappa shape index (κ2) is 6.67. The second-order valence-electron chi connectivity index (χ2n) is 7.11. The summed E-state index contributed by atoms with van der Waals surface area (Å²) in [6.07, 6.45) is -3.22. The van der Waals surface area contributed by atoms with Crippen LogP contribution in [0.25, 0.3) is 0 Å². The lowest BCUT2D eigenvalue weighted by atomic mass is 9.90. The van der Waals surface area contributed by atoms with E-state index in [0.29, 0.717) is 6.61 Å². The Labute approximate surface area is 157 Å². The standard InChI is InChI=1S/C21H22O6/c1-23-17-16-15(12-24-20(25-16)14-10-6-3-7-11-14)26-21(18(17)22)19(27-21)13-8-4-2-5-9-13/h2-11,15-20,22H,12H2,1H3/t15-,16-,17-,18+,19?,20-,21?/m1/s1. The monoisotopic (exact) mass is 370 g/mol. The van der Waals surface area contributed by atoms with Gasteiger partial charge in [-0.15, -0.1) is 0 Å². The van der Waals surface area contributed by atoms with Gasteiger partial charge in [-0.3, -0.25) is 0 Å². The molecule has 0 saturated carbocycles. The van der Waals surface area contributed by atoms with Gasteiger partial charge in [0.25, 0.3) is 0 Å². The Balaban J connectivity index is 1.38. The first-order chi connectivity index (χ1) is 13.2. The maximum Gasteiger partial charge on any atom is 0.230 e. The molecule has 0 bridgehead atoms. The van der Waals surface area contributed by atoms with Crippen molar-refractivity contribution in [3.05, 3.63) is 71.8 Å². The van der Waals surface area contributed by atoms with Gasteiger partial charge in [-0.05, 0) is 5.56 Å². The molecule has 1 N–H and O–H groups in total. The minimum Gasteiger partial charge on any atom is -0.385 e. The zero-order valence-corrected chi connectivity index (χ0v) is 14.9. The Kier molecular flexibility index (Phi) is 4.27. The second-order valence-corrected chi connectivity index (χ2v) is 7.11. The molecular weight excluding hydrogens is 348 g/mol. The molecule has 1 spiro atoms. The largest absolute Gasteiger partial charge is 0.385 e. The summed E-state index contributed by atoms with van der Waals surface area (Å²) >= 11 is 0. The summed E-state index contributed by atoms with van der Waals surface area (Å²) < 4.78 is 29.7. The Morgan fingerprint density at radius 1 is 0.963 bits per heavy atom. The summed E-state index contributed by atoms with van der Waals surface area (Å²) in [5, 5.41) is 11.0. The summed E-state index contributed by atoms with van der Waals surface area (Å²) in [4.78, 5) is 0. The lowest BCUT2D eigenvalue weighted by molar-refractivity contribution is -0.349. The van der Waals surface area contributed by atoms with Gasteiger partial charge in [0.1, 0.15) is 30.5 Å². The predicted molar refractivity (Wildman–Crippen MR) is 94.7 cm³/mol. The lowest BCUT2D eigenvalue weighted by Crippen LogP contribution is -2.63. The van der Waals surface area contributed by atoms with Gasteiger partial charge in [0.2, 0.25) is 5.79 Å². The molecule has 2 unspecified atom stereocenters. The highest BCUT2D eigenvalue weighted by atomic mass is 16.8. The van der Waals surface area contributed by atoms with E-state index in [1.807, 2.05) is 60.7 Å². The third kappa shape index (κ3) is 2.81. The smallest absolute Gasteiger partial charge is 0.230 e. The first-order valence-corrected chi connectivity index (χ1v) is 9.16. The van der Waals surface area contributed by atoms with Crippen molar-refractivity contribution in [3.63, 3.8) is 0 Å². The van der Waals surface area contributed by atoms with Crippen LogP contribution in [-0.4, -0.2) is 49.0 Å². The lowest BCUT2D eigenvalue weighted by Gasteiger charge is -2.47. The van der Waals surface area contributed by atoms with Gasteiger partial charge in [-0.2, -0.15) is 0 Å². The molecule has 7 atom stereocenters. The molecule has 0 aliphatic carbocycles. The van der Waals surface area contributed by atoms with Crippen LogP contribution in [0, 0.1) is 0 Å². The Morgan fingerprint density at radius 3 is 2.30 bits per heavy atom. The number of ether oxygens (including phenoxy) is 5. The van der Waals surface area contributed by atoms with Gasteiger partial charge >= 0.3 is 0 Å². The SMILES string of the molecule is CO[C@@H]1[C@@H]2O[C@H](c3ccccc3)OC[C@H]2OC2(OC2c2ccccc2)[C@H]1O. The van der Waals surface area contributed by atoms with Crippen LogP contribution in [0.3, 0.4) is 0 Å². The van der Waals surface area contributed by atoms with Gasteiger partial charge in [-0.25, -0.2) is 0 Å². The summed E-state index contributed by atoms with van der Waals surface area (Å²) in [5.74, 6) is -1.12. The van der Waals surface area contributed by atoms with Crippen LogP contribution in [0.1, 0.15) is 23.5 Å². The van der Waals surface area contributed by atoms with E-state index in [4.69, 9.17) is 23.7 Å². The van der Waals surface area contributed by atoms with E-state index < -0.39 is 30.4 Å². The molecule has 6 nitrogen and oxygen atoms in total. The van der Waals surface area contributed by atoms with Crippen LogP contribution in [0.15, 0.2) is 60.7 Å². The van der Waals surface area contributed by atoms with Crippen molar-refractivity contribution < 1.29 is 28.8 Å². The van der Waals surface area contributed by atoms with E-state index in [1.165, 1.54) is 0 Å². The third-order valence-corrected chi connectivity index (χ3v) is 5.50. The number of aliphatic hydroxyl groups is 1. The molecule has 0 amide bonds. The highest BCUT2D eigenvalue weighted by molar-refractivity contribution is 5.27. The fourth-order valence-corrected chi connectivity index (χ4v) is 4.09. The zero-order valence-electron chi connectivity index (χ0n) is 14.9. The summed E-state index contributed by atoms with van der Waals surface area (Å²) in [7, 11) is 1.57. The maximum absolute atomic E-state index is 11.0. The number of hydrogen-bond acceptors (Lipinski definition) is 6. The molecule has 2 aromatic rings. The molecule has 3 saturated heterocycles. The van der Waals surface area contributed by atoms with E-state index in [1.54, 1.807) is 7.11 Å². The average Bonchev–Trinajstić information content (AvgIpc) is 3.45. The summed E-state index contributed by atoms with van der Waals surface area (Å²) in [6, 6.07) is 19.5. The molecule has 3 heterocycles. The zero-order chi connectivity index (χ0) is 18.4. The minimum atomic E-state index is -1.12. The molecule has 2 aromatic carbocycles. The van der Waals surface area contributed by atoms with Crippen molar-refractivity contribution in [2.45, 2.75) is 42.6 Å². The van der Waals surface area contributed by atoms with Crippen LogP contribution in [0.5, 0.6) is 0 Å². The van der Waals surface area contributed by atoms with Crippen LogP contribution < -0.4 is 0 Å². The highest BCUT2D eigenvalue weighted by Crippen LogP contribution is 2.57. The fraction of sp³-hybridized carbons (Fsp3) is 0.429. The Morgan fingerprint density at radius 2 is 1.63 bits per heavy atom. The van der Waals surface area contributed by atoms with Gasteiger partial charge in [0.05, 0.1) is 6.61 Å². The average molecular weight is 370 g/mol. The van der Waals surface area contributed by atoms with E-state index in [9.17, 15) is 5.11 Å². The molecule has 142 valence electrons. The Bertz CT molecular complexity index is 784. The molecule has 6 heteroatoms. The summed E-state index contributed by atoms with van der Waals surface area (Å²) in [6.45, 7) is 0.337. The molecule has 3 fully saturated rings. The molecule has 3 aliphatic heterocycles. The molecular formula is C21H22O6. The number of hydrogen-bond donors (Lipinski definition) is 1. The maximum atomic E-state index is 11.0. The molecule has 3 aliphatic rings. The molecule has 27 heavy (non-hydrogen) atoms. The van der Waals surface area contributed by atoms with Crippen molar-refractivity contribution in [3.8, 4) is 0 Å². The number of aliphatic hydroxyl groups excluding tert-OH is 1. The summed E-state index contributed by atoms with van der Waals surface area (Å²) in [5.41, 5.74) is 1.88. The Hall–Kier alpha value is -1.80. The molecule has 0 aromatic heterocycles. The van der Waals surface area contributed by atoms with Gasteiger partial charge in [0.15, 0.2) is 6.29 Å². The van der Waals surface area contributed by atoms with Crippen molar-refractivity contribution >= 4 is 0 Å². The van der Waals surface area contributed by atoms with Gasteiger partial charge < -0.3 is 28.8 Å². The minimum absolute atomic E-state index is 0.334. The van der Waals surface area contributed by atoms with Gasteiger partial charge in [-0.1, -0.05) is 60.7 Å². The molecule has 0 radical (unpaired) electrons. The van der Waals surface area contributed by atoms with E-state index >= 15 is 0 Å². The van der Waals surface area contributed by atoms with E-state index in [0.717, 1.165) is 11.1 Å². The van der Waals surface area contributed by atoms with Crippen molar-refractivity contribution in [1.82, 2.24) is 0 Å². The van der Waals surface area contributed by atoms with Gasteiger partial charge in [0, 0.05) is 12.7 Å². The quantitative estimate of drug-likeness (QED) is 0.837. The van der Waals surface area contributed by atoms with Crippen molar-refractivity contribution in [2.75, 3.05) is 13.7 Å². The topological polar surface area (TPSA) is 69.7 Å². The highest BCUT2D eigenvalue weighted by Gasteiger charge is 2.71. The van der Waals surface area contributed by atoms with Crippen LogP contribution in [-0.2, 0) is 23.7 Å². The fourth-order valence-electron chi connectivity index (χ4n) is 4.09. The first-order valence-electron chi connectivity index (χ1n) is 9.16. The number of methoxy groups -OCH3 is 1. The third-order valence-electron chi connectivity index (χ3n) is 5.50. The van der Waals surface area contributed by atoms with E-state index in [-0.39, 0.29) is 12.2 Å². The normalized spacial score (nSPS) is 40.5. The first kappa shape index (κ1) is 17.3. The molecule has 5 rings (SSSR count). The number of benzene rings is 2. The van der Waals surface area contributed by atoms with Crippen LogP contribution >= 0.6 is 0 Å². The predicted octanol–water partition coefficient (Wildman–Crippen LogP) is 2.34.